The molecule has 0 saturated heterocycles. The summed E-state index contributed by atoms with van der Waals surface area (Å²) in [7, 11) is 0. The number of rotatable bonds is 3. The van der Waals surface area contributed by atoms with Crippen molar-refractivity contribution in [2.24, 2.45) is 0 Å². The summed E-state index contributed by atoms with van der Waals surface area (Å²) in [5.74, 6) is -0.750. The molecule has 0 radical (unpaired) electrons. The highest BCUT2D eigenvalue weighted by Gasteiger charge is 2.27. The van der Waals surface area contributed by atoms with Crippen molar-refractivity contribution < 1.29 is 28.4 Å². The molecule has 0 aromatic heterocycles. The number of nitro benzene ring substituents is 2. The molecule has 0 amide bonds. The standard InChI is InChI=1S/C12H7FN2O4.3FH/c13-9-5-2-1-4-8(9)12-10(14(16)17)6-3-7-11(12)15(18)19;;;/h1-7H;3*1H. The van der Waals surface area contributed by atoms with Gasteiger partial charge < -0.3 is 0 Å². The molecule has 0 saturated carbocycles. The van der Waals surface area contributed by atoms with Crippen molar-refractivity contribution in [2.75, 3.05) is 0 Å². The van der Waals surface area contributed by atoms with Crippen LogP contribution in [-0.2, 0) is 0 Å². The van der Waals surface area contributed by atoms with Gasteiger partial charge in [-0.05, 0) is 12.1 Å². The zero-order valence-corrected chi connectivity index (χ0v) is 10.7. The van der Waals surface area contributed by atoms with Gasteiger partial charge in [-0.15, -0.1) is 0 Å². The third-order valence-corrected chi connectivity index (χ3v) is 2.56. The van der Waals surface area contributed by atoms with Crippen molar-refractivity contribution in [1.29, 1.82) is 0 Å². The van der Waals surface area contributed by atoms with Crippen molar-refractivity contribution in [3.05, 3.63) is 68.5 Å². The normalized spacial score (nSPS) is 8.77. The van der Waals surface area contributed by atoms with Crippen LogP contribution in [0.3, 0.4) is 0 Å². The molecule has 120 valence electrons. The van der Waals surface area contributed by atoms with Crippen molar-refractivity contribution in [3.63, 3.8) is 0 Å². The molecule has 0 aliphatic rings. The molecule has 2 rings (SSSR count). The maximum absolute atomic E-state index is 13.7. The van der Waals surface area contributed by atoms with E-state index < -0.39 is 27.0 Å². The molecule has 0 heterocycles. The lowest BCUT2D eigenvalue weighted by atomic mass is 10.0. The zero-order valence-electron chi connectivity index (χ0n) is 10.7. The predicted octanol–water partition coefficient (Wildman–Crippen LogP) is 3.77. The van der Waals surface area contributed by atoms with Crippen LogP contribution in [-0.4, -0.2) is 9.85 Å². The van der Waals surface area contributed by atoms with E-state index >= 15 is 0 Å². The van der Waals surface area contributed by atoms with E-state index in [0.717, 1.165) is 18.2 Å². The summed E-state index contributed by atoms with van der Waals surface area (Å²) in [5, 5.41) is 21.9. The lowest BCUT2D eigenvalue weighted by molar-refractivity contribution is -0.392. The van der Waals surface area contributed by atoms with Crippen molar-refractivity contribution >= 4 is 11.4 Å². The lowest BCUT2D eigenvalue weighted by Crippen LogP contribution is -1.98. The van der Waals surface area contributed by atoms with Gasteiger partial charge in [-0.2, -0.15) is 0 Å². The molecule has 0 fully saturated rings. The van der Waals surface area contributed by atoms with E-state index in [1.165, 1.54) is 24.3 Å². The van der Waals surface area contributed by atoms with Gasteiger partial charge in [-0.1, -0.05) is 18.2 Å². The van der Waals surface area contributed by atoms with Gasteiger partial charge in [0.1, 0.15) is 11.4 Å². The molecule has 0 aliphatic heterocycles. The topological polar surface area (TPSA) is 86.3 Å². The summed E-state index contributed by atoms with van der Waals surface area (Å²) < 4.78 is 13.7. The monoisotopic (exact) mass is 322 g/mol. The van der Waals surface area contributed by atoms with Crippen LogP contribution in [0.2, 0.25) is 0 Å². The highest BCUT2D eigenvalue weighted by molar-refractivity contribution is 5.82. The Balaban J connectivity index is 0. The second kappa shape index (κ2) is 8.29. The first-order valence-corrected chi connectivity index (χ1v) is 5.19. The molecule has 2 aromatic carbocycles. The largest absolute Gasteiger partial charge is 0.284 e. The first kappa shape index (κ1) is 21.3. The predicted molar refractivity (Wildman–Crippen MR) is 72.7 cm³/mol. The minimum atomic E-state index is -0.769. The molecule has 0 aliphatic carbocycles. The van der Waals surface area contributed by atoms with E-state index in [4.69, 9.17) is 0 Å². The van der Waals surface area contributed by atoms with Gasteiger partial charge in [0.25, 0.3) is 11.4 Å². The van der Waals surface area contributed by atoms with E-state index in [2.05, 4.69) is 0 Å². The average Bonchev–Trinajstić information content (AvgIpc) is 2.38. The Hall–Kier alpha value is -3.04. The summed E-state index contributed by atoms with van der Waals surface area (Å²) in [4.78, 5) is 20.3. The Labute approximate surface area is 120 Å². The van der Waals surface area contributed by atoms with E-state index in [-0.39, 0.29) is 25.2 Å². The molecule has 10 heteroatoms. The van der Waals surface area contributed by atoms with Gasteiger partial charge in [0.05, 0.1) is 9.85 Å². The summed E-state index contributed by atoms with van der Waals surface area (Å²) in [6, 6.07) is 8.63. The Morgan fingerprint density at radius 2 is 1.23 bits per heavy atom. The first-order chi connectivity index (χ1) is 9.02. The summed E-state index contributed by atoms with van der Waals surface area (Å²) in [5.41, 5.74) is -1.49. The van der Waals surface area contributed by atoms with E-state index in [0.29, 0.717) is 0 Å². The van der Waals surface area contributed by atoms with Crippen molar-refractivity contribution in [3.8, 4) is 11.1 Å². The quantitative estimate of drug-likeness (QED) is 0.489. The van der Waals surface area contributed by atoms with E-state index in [9.17, 15) is 24.6 Å². The fourth-order valence-corrected chi connectivity index (χ4v) is 1.77. The highest BCUT2D eigenvalue weighted by atomic mass is 19.1. The third-order valence-electron chi connectivity index (χ3n) is 2.56. The number of nitro groups is 2. The SMILES string of the molecule is F.F.F.O=[N+]([O-])c1cccc([N+](=O)[O-])c1-c1ccccc1F. The molecule has 0 N–H and O–H groups in total. The molecule has 2 aromatic rings. The second-order valence-corrected chi connectivity index (χ2v) is 3.67. The van der Waals surface area contributed by atoms with Gasteiger partial charge in [0.2, 0.25) is 0 Å². The number of hydrogen-bond acceptors (Lipinski definition) is 4. The Morgan fingerprint density at radius 1 is 0.773 bits per heavy atom. The van der Waals surface area contributed by atoms with Gasteiger partial charge in [-0.25, -0.2) is 4.39 Å². The van der Waals surface area contributed by atoms with Gasteiger partial charge in [0.15, 0.2) is 0 Å². The lowest BCUT2D eigenvalue weighted by Gasteiger charge is -2.05. The minimum absolute atomic E-state index is 0. The van der Waals surface area contributed by atoms with Crippen LogP contribution < -0.4 is 0 Å². The average molecular weight is 322 g/mol. The van der Waals surface area contributed by atoms with Crippen LogP contribution in [0.25, 0.3) is 11.1 Å². The summed E-state index contributed by atoms with van der Waals surface area (Å²) in [6.45, 7) is 0. The molecular formula is C12H10F4N2O4. The van der Waals surface area contributed by atoms with Crippen LogP contribution in [0.15, 0.2) is 42.5 Å². The van der Waals surface area contributed by atoms with Gasteiger partial charge >= 0.3 is 0 Å². The minimum Gasteiger partial charge on any atom is -0.269 e. The molecule has 0 spiro atoms. The van der Waals surface area contributed by atoms with Crippen LogP contribution >= 0.6 is 0 Å². The summed E-state index contributed by atoms with van der Waals surface area (Å²) >= 11 is 0. The second-order valence-electron chi connectivity index (χ2n) is 3.67. The Bertz CT molecular complexity index is 650. The molecule has 0 unspecified atom stereocenters. The van der Waals surface area contributed by atoms with Gasteiger partial charge in [0, 0.05) is 17.7 Å². The summed E-state index contributed by atoms with van der Waals surface area (Å²) in [6.07, 6.45) is 0. The third kappa shape index (κ3) is 3.75. The van der Waals surface area contributed by atoms with E-state index in [1.807, 2.05) is 0 Å². The Morgan fingerprint density at radius 3 is 1.64 bits per heavy atom. The maximum atomic E-state index is 13.7. The van der Waals surface area contributed by atoms with Crippen LogP contribution in [0.5, 0.6) is 0 Å². The highest BCUT2D eigenvalue weighted by Crippen LogP contribution is 2.38. The molecule has 0 atom stereocenters. The molecule has 6 nitrogen and oxygen atoms in total. The fraction of sp³-hybridized carbons (Fsp3) is 0. The fourth-order valence-electron chi connectivity index (χ4n) is 1.77. The molecular weight excluding hydrogens is 312 g/mol. The van der Waals surface area contributed by atoms with Crippen molar-refractivity contribution in [2.45, 2.75) is 0 Å². The van der Waals surface area contributed by atoms with Crippen LogP contribution in [0.1, 0.15) is 0 Å². The zero-order chi connectivity index (χ0) is 14.0. The number of benzene rings is 2. The maximum Gasteiger partial charge on any atom is 0.284 e. The number of nitrogens with zero attached hydrogens (tertiary/aromatic N) is 2. The number of hydrogen-bond donors (Lipinski definition) is 0. The molecule has 22 heavy (non-hydrogen) atoms. The number of halogens is 4. The van der Waals surface area contributed by atoms with Crippen molar-refractivity contribution in [1.82, 2.24) is 0 Å². The first-order valence-electron chi connectivity index (χ1n) is 5.19. The molecule has 0 bridgehead atoms. The smallest absolute Gasteiger partial charge is 0.269 e. The van der Waals surface area contributed by atoms with E-state index in [1.54, 1.807) is 0 Å². The van der Waals surface area contributed by atoms with Crippen LogP contribution in [0, 0.1) is 26.0 Å². The Kier molecular flexibility index (Phi) is 8.01. The van der Waals surface area contributed by atoms with Gasteiger partial charge in [-0.3, -0.25) is 34.3 Å². The van der Waals surface area contributed by atoms with Crippen LogP contribution in [0.4, 0.5) is 29.9 Å².